The lowest BCUT2D eigenvalue weighted by Crippen LogP contribution is -2.44. The van der Waals surface area contributed by atoms with Crippen molar-refractivity contribution in [3.05, 3.63) is 29.6 Å². The minimum Gasteiger partial charge on any atom is -0.326 e. The molecular weight excluding hydrogens is 236 g/mol. The maximum atomic E-state index is 8.96. The largest absolute Gasteiger partial charge is 0.326 e. The number of benzene rings is 1. The van der Waals surface area contributed by atoms with Gasteiger partial charge in [-0.15, -0.1) is 0 Å². The van der Waals surface area contributed by atoms with Crippen molar-refractivity contribution in [1.29, 1.82) is 5.26 Å². The quantitative estimate of drug-likeness (QED) is 0.782. The van der Waals surface area contributed by atoms with Gasteiger partial charge in [0.05, 0.1) is 29.2 Å². The number of rotatable bonds is 1. The Kier molecular flexibility index (Phi) is 2.36. The number of nitriles is 1. The minimum absolute atomic E-state index is 0.693. The van der Waals surface area contributed by atoms with Crippen molar-refractivity contribution in [1.82, 2.24) is 14.5 Å². The van der Waals surface area contributed by atoms with E-state index in [4.69, 9.17) is 10.2 Å². The molecule has 19 heavy (non-hydrogen) atoms. The molecule has 1 fully saturated rings. The Morgan fingerprint density at radius 2 is 2.16 bits per heavy atom. The van der Waals surface area contributed by atoms with Gasteiger partial charge in [-0.3, -0.25) is 4.90 Å². The smallest absolute Gasteiger partial charge is 0.124 e. The van der Waals surface area contributed by atoms with Gasteiger partial charge in [0.25, 0.3) is 0 Å². The molecular formula is C15H16N4. The number of fused-ring (bicyclic) bond motifs is 3. The molecule has 0 amide bonds. The summed E-state index contributed by atoms with van der Waals surface area (Å²) in [7, 11) is 0. The van der Waals surface area contributed by atoms with E-state index in [-0.39, 0.29) is 0 Å². The van der Waals surface area contributed by atoms with Crippen LogP contribution in [0.2, 0.25) is 0 Å². The number of aromatic nitrogens is 2. The number of imidazole rings is 1. The van der Waals surface area contributed by atoms with Crippen molar-refractivity contribution in [2.45, 2.75) is 38.4 Å². The van der Waals surface area contributed by atoms with E-state index in [1.54, 1.807) is 0 Å². The summed E-state index contributed by atoms with van der Waals surface area (Å²) < 4.78 is 2.31. The first kappa shape index (κ1) is 11.0. The molecule has 0 bridgehead atoms. The zero-order chi connectivity index (χ0) is 12.8. The lowest BCUT2D eigenvalue weighted by molar-refractivity contribution is 0.0966. The molecule has 4 heteroatoms. The Balaban J connectivity index is 1.73. The van der Waals surface area contributed by atoms with Gasteiger partial charge in [-0.05, 0) is 31.0 Å². The Morgan fingerprint density at radius 1 is 1.26 bits per heavy atom. The molecule has 2 aliphatic rings. The monoisotopic (exact) mass is 252 g/mol. The molecule has 0 spiro atoms. The lowest BCUT2D eigenvalue weighted by Gasteiger charge is -2.39. The van der Waals surface area contributed by atoms with E-state index in [0.29, 0.717) is 5.56 Å². The summed E-state index contributed by atoms with van der Waals surface area (Å²) in [6, 6.07) is 8.78. The fourth-order valence-electron chi connectivity index (χ4n) is 3.17. The Bertz CT molecular complexity index is 675. The maximum Gasteiger partial charge on any atom is 0.124 e. The third kappa shape index (κ3) is 1.66. The van der Waals surface area contributed by atoms with E-state index in [9.17, 15) is 0 Å². The normalized spacial score (nSPS) is 19.9. The fourth-order valence-corrected chi connectivity index (χ4v) is 3.17. The maximum absolute atomic E-state index is 8.96. The molecule has 2 aromatic rings. The molecule has 0 saturated heterocycles. The average Bonchev–Trinajstić information content (AvgIpc) is 2.73. The van der Waals surface area contributed by atoms with Crippen LogP contribution in [-0.4, -0.2) is 27.0 Å². The summed E-state index contributed by atoms with van der Waals surface area (Å²) >= 11 is 0. The second-order valence-electron chi connectivity index (χ2n) is 5.55. The van der Waals surface area contributed by atoms with E-state index in [2.05, 4.69) is 15.5 Å². The summed E-state index contributed by atoms with van der Waals surface area (Å²) in [6.45, 7) is 3.11. The third-order valence-corrected chi connectivity index (χ3v) is 4.50. The second kappa shape index (κ2) is 4.07. The zero-order valence-corrected chi connectivity index (χ0v) is 10.8. The van der Waals surface area contributed by atoms with Crippen LogP contribution >= 0.6 is 0 Å². The number of hydrogen-bond donors (Lipinski definition) is 0. The molecule has 2 heterocycles. The molecule has 0 atom stereocenters. The van der Waals surface area contributed by atoms with Gasteiger partial charge in [0.15, 0.2) is 0 Å². The van der Waals surface area contributed by atoms with Crippen LogP contribution in [0.5, 0.6) is 0 Å². The molecule has 1 aromatic heterocycles. The van der Waals surface area contributed by atoms with Gasteiger partial charge < -0.3 is 4.57 Å². The molecule has 4 rings (SSSR count). The average molecular weight is 252 g/mol. The van der Waals surface area contributed by atoms with Crippen LogP contribution in [0.4, 0.5) is 0 Å². The van der Waals surface area contributed by atoms with Crippen LogP contribution in [0.1, 0.15) is 30.7 Å². The van der Waals surface area contributed by atoms with E-state index in [0.717, 1.165) is 37.0 Å². The highest BCUT2D eigenvalue weighted by molar-refractivity contribution is 5.77. The van der Waals surface area contributed by atoms with Crippen LogP contribution in [0.25, 0.3) is 11.0 Å². The molecule has 0 N–H and O–H groups in total. The van der Waals surface area contributed by atoms with Crippen LogP contribution in [0, 0.1) is 11.3 Å². The van der Waals surface area contributed by atoms with Crippen molar-refractivity contribution in [2.24, 2.45) is 0 Å². The molecule has 0 radical (unpaired) electrons. The van der Waals surface area contributed by atoms with Crippen LogP contribution < -0.4 is 0 Å². The van der Waals surface area contributed by atoms with Gasteiger partial charge in [0.1, 0.15) is 5.82 Å². The minimum atomic E-state index is 0.693. The van der Waals surface area contributed by atoms with E-state index >= 15 is 0 Å². The first-order valence-electron chi connectivity index (χ1n) is 6.98. The van der Waals surface area contributed by atoms with Crippen LogP contribution in [-0.2, 0) is 13.1 Å². The van der Waals surface area contributed by atoms with Crippen LogP contribution in [0.15, 0.2) is 18.2 Å². The Hall–Kier alpha value is -1.86. The van der Waals surface area contributed by atoms with Crippen molar-refractivity contribution in [3.8, 4) is 6.07 Å². The molecule has 1 aliphatic heterocycles. The number of nitrogens with zero attached hydrogens (tertiary/aromatic N) is 4. The molecule has 96 valence electrons. The molecule has 1 saturated carbocycles. The van der Waals surface area contributed by atoms with Gasteiger partial charge in [0.2, 0.25) is 0 Å². The highest BCUT2D eigenvalue weighted by Crippen LogP contribution is 2.29. The highest BCUT2D eigenvalue weighted by Gasteiger charge is 2.29. The predicted octanol–water partition coefficient (Wildman–Crippen LogP) is 2.28. The molecule has 1 aromatic carbocycles. The number of hydrogen-bond acceptors (Lipinski definition) is 3. The Morgan fingerprint density at radius 3 is 2.89 bits per heavy atom. The van der Waals surface area contributed by atoms with Gasteiger partial charge >= 0.3 is 0 Å². The van der Waals surface area contributed by atoms with Crippen molar-refractivity contribution in [2.75, 3.05) is 6.54 Å². The lowest BCUT2D eigenvalue weighted by atomic mass is 9.91. The van der Waals surface area contributed by atoms with E-state index < -0.39 is 0 Å². The summed E-state index contributed by atoms with van der Waals surface area (Å²) in [6.07, 6.45) is 4.07. The van der Waals surface area contributed by atoms with Gasteiger partial charge in [-0.1, -0.05) is 6.42 Å². The molecule has 4 nitrogen and oxygen atoms in total. The molecule has 0 unspecified atom stereocenters. The van der Waals surface area contributed by atoms with Gasteiger partial charge in [-0.25, -0.2) is 4.98 Å². The zero-order valence-electron chi connectivity index (χ0n) is 10.8. The van der Waals surface area contributed by atoms with Gasteiger partial charge in [0, 0.05) is 19.1 Å². The van der Waals surface area contributed by atoms with E-state index in [1.165, 1.54) is 24.8 Å². The summed E-state index contributed by atoms with van der Waals surface area (Å²) in [5.41, 5.74) is 2.82. The summed E-state index contributed by atoms with van der Waals surface area (Å²) in [4.78, 5) is 7.29. The first-order valence-corrected chi connectivity index (χ1v) is 6.98. The highest BCUT2D eigenvalue weighted by atomic mass is 15.3. The summed E-state index contributed by atoms with van der Waals surface area (Å²) in [5, 5.41) is 8.96. The Labute approximate surface area is 112 Å². The second-order valence-corrected chi connectivity index (χ2v) is 5.55. The van der Waals surface area contributed by atoms with Crippen molar-refractivity contribution < 1.29 is 0 Å². The van der Waals surface area contributed by atoms with Gasteiger partial charge in [-0.2, -0.15) is 5.26 Å². The fraction of sp³-hybridized carbons (Fsp3) is 0.467. The van der Waals surface area contributed by atoms with Crippen molar-refractivity contribution >= 4 is 11.0 Å². The topological polar surface area (TPSA) is 44.9 Å². The SMILES string of the molecule is N#Cc1ccc2c(c1)nc1n2CCN(C2CCC2)C1. The van der Waals surface area contributed by atoms with Crippen LogP contribution in [0.3, 0.4) is 0 Å². The van der Waals surface area contributed by atoms with E-state index in [1.807, 2.05) is 18.2 Å². The summed E-state index contributed by atoms with van der Waals surface area (Å²) in [5.74, 6) is 1.16. The standard InChI is InChI=1S/C15H16N4/c16-9-11-4-5-14-13(8-11)17-15-10-18(6-7-19(14)15)12-2-1-3-12/h4-5,8,12H,1-3,6-7,10H2. The molecule has 1 aliphatic carbocycles. The van der Waals surface area contributed by atoms with Crippen molar-refractivity contribution in [3.63, 3.8) is 0 Å². The predicted molar refractivity (Wildman–Crippen MR) is 72.5 cm³/mol. The first-order chi connectivity index (χ1) is 9.35. The third-order valence-electron chi connectivity index (χ3n) is 4.50.